The lowest BCUT2D eigenvalue weighted by molar-refractivity contribution is 0.0425. The van der Waals surface area contributed by atoms with Gasteiger partial charge < -0.3 is 14.5 Å². The summed E-state index contributed by atoms with van der Waals surface area (Å²) in [7, 11) is 0. The van der Waals surface area contributed by atoms with Crippen LogP contribution >= 0.6 is 23.2 Å². The van der Waals surface area contributed by atoms with E-state index in [2.05, 4.69) is 5.32 Å². The van der Waals surface area contributed by atoms with Gasteiger partial charge in [0.25, 0.3) is 5.91 Å². The topological polar surface area (TPSA) is 51.5 Å². The number of nitrogens with one attached hydrogen (secondary N) is 1. The standard InChI is InChI=1S/C11H13Cl2NO3/c12-7-11(3-5-16-6-4-11)14-10(15)8-1-2-9(13)17-8/h1-2H,3-7H2,(H,14,15). The second-order valence-corrected chi connectivity index (χ2v) is 4.72. The Morgan fingerprint density at radius 2 is 2.12 bits per heavy atom. The van der Waals surface area contributed by atoms with E-state index in [-0.39, 0.29) is 16.9 Å². The third-order valence-corrected chi connectivity index (χ3v) is 3.60. The van der Waals surface area contributed by atoms with Crippen LogP contribution in [-0.4, -0.2) is 30.5 Å². The van der Waals surface area contributed by atoms with Gasteiger partial charge >= 0.3 is 0 Å². The highest BCUT2D eigenvalue weighted by Gasteiger charge is 2.34. The molecule has 1 N–H and O–H groups in total. The van der Waals surface area contributed by atoms with Gasteiger partial charge in [0.1, 0.15) is 0 Å². The molecule has 0 aromatic carbocycles. The van der Waals surface area contributed by atoms with Crippen molar-refractivity contribution >= 4 is 29.1 Å². The lowest BCUT2D eigenvalue weighted by Crippen LogP contribution is -2.53. The molecule has 4 nitrogen and oxygen atoms in total. The fourth-order valence-electron chi connectivity index (χ4n) is 1.79. The average molecular weight is 278 g/mol. The van der Waals surface area contributed by atoms with Gasteiger partial charge in [-0.25, -0.2) is 0 Å². The summed E-state index contributed by atoms with van der Waals surface area (Å²) in [6.07, 6.45) is 1.41. The van der Waals surface area contributed by atoms with Crippen LogP contribution in [0.5, 0.6) is 0 Å². The van der Waals surface area contributed by atoms with Crippen LogP contribution in [0.4, 0.5) is 0 Å². The first-order chi connectivity index (χ1) is 8.15. The zero-order valence-electron chi connectivity index (χ0n) is 9.17. The number of carbonyl (C=O) groups excluding carboxylic acids is 1. The van der Waals surface area contributed by atoms with E-state index in [9.17, 15) is 4.79 Å². The minimum Gasteiger partial charge on any atom is -0.440 e. The van der Waals surface area contributed by atoms with Crippen molar-refractivity contribution < 1.29 is 13.9 Å². The zero-order chi connectivity index (χ0) is 12.3. The van der Waals surface area contributed by atoms with Crippen molar-refractivity contribution in [3.05, 3.63) is 23.1 Å². The number of amides is 1. The van der Waals surface area contributed by atoms with Gasteiger partial charge in [0.15, 0.2) is 11.0 Å². The Balaban J connectivity index is 2.05. The molecule has 1 saturated heterocycles. The normalized spacial score (nSPS) is 18.9. The molecular formula is C11H13Cl2NO3. The molecule has 1 amide bonds. The van der Waals surface area contributed by atoms with Crippen molar-refractivity contribution in [2.75, 3.05) is 19.1 Å². The first kappa shape index (κ1) is 12.7. The Kier molecular flexibility index (Phi) is 3.97. The van der Waals surface area contributed by atoms with E-state index in [1.165, 1.54) is 6.07 Å². The number of furan rings is 1. The number of ether oxygens (including phenoxy) is 1. The van der Waals surface area contributed by atoms with E-state index >= 15 is 0 Å². The molecule has 1 aliphatic rings. The summed E-state index contributed by atoms with van der Waals surface area (Å²) in [6.45, 7) is 1.21. The van der Waals surface area contributed by atoms with E-state index < -0.39 is 5.54 Å². The molecule has 6 heteroatoms. The quantitative estimate of drug-likeness (QED) is 0.864. The predicted molar refractivity (Wildman–Crippen MR) is 64.7 cm³/mol. The number of rotatable bonds is 3. The third kappa shape index (κ3) is 2.94. The number of halogens is 2. The first-order valence-corrected chi connectivity index (χ1v) is 6.28. The molecule has 94 valence electrons. The van der Waals surface area contributed by atoms with Gasteiger partial charge in [-0.2, -0.15) is 0 Å². The summed E-state index contributed by atoms with van der Waals surface area (Å²) in [4.78, 5) is 11.9. The van der Waals surface area contributed by atoms with E-state index in [0.29, 0.717) is 31.9 Å². The molecule has 0 radical (unpaired) electrons. The fraction of sp³-hybridized carbons (Fsp3) is 0.545. The van der Waals surface area contributed by atoms with E-state index in [4.69, 9.17) is 32.4 Å². The maximum absolute atomic E-state index is 11.9. The van der Waals surface area contributed by atoms with Gasteiger partial charge in [-0.15, -0.1) is 11.6 Å². The molecule has 17 heavy (non-hydrogen) atoms. The molecule has 1 aromatic rings. The van der Waals surface area contributed by atoms with E-state index in [1.54, 1.807) is 6.07 Å². The highest BCUT2D eigenvalue weighted by atomic mass is 35.5. The van der Waals surface area contributed by atoms with Crippen LogP contribution in [0.3, 0.4) is 0 Å². The summed E-state index contributed by atoms with van der Waals surface area (Å²) in [5.74, 6) is 0.265. The van der Waals surface area contributed by atoms with Crippen LogP contribution in [0.25, 0.3) is 0 Å². The first-order valence-electron chi connectivity index (χ1n) is 5.37. The number of hydrogen-bond donors (Lipinski definition) is 1. The van der Waals surface area contributed by atoms with Gasteiger partial charge in [-0.1, -0.05) is 0 Å². The highest BCUT2D eigenvalue weighted by molar-refractivity contribution is 6.29. The largest absolute Gasteiger partial charge is 0.440 e. The van der Waals surface area contributed by atoms with Crippen molar-refractivity contribution in [1.82, 2.24) is 5.32 Å². The summed E-state index contributed by atoms with van der Waals surface area (Å²) in [5.41, 5.74) is -0.407. The van der Waals surface area contributed by atoms with Crippen LogP contribution < -0.4 is 5.32 Å². The smallest absolute Gasteiger partial charge is 0.287 e. The van der Waals surface area contributed by atoms with Crippen molar-refractivity contribution in [3.8, 4) is 0 Å². The molecule has 1 aliphatic heterocycles. The Labute approximate surface area is 109 Å². The molecule has 0 atom stereocenters. The third-order valence-electron chi connectivity index (χ3n) is 2.88. The van der Waals surface area contributed by atoms with Crippen LogP contribution in [0.15, 0.2) is 16.5 Å². The monoisotopic (exact) mass is 277 g/mol. The van der Waals surface area contributed by atoms with Crippen molar-refractivity contribution in [2.24, 2.45) is 0 Å². The number of hydrogen-bond acceptors (Lipinski definition) is 3. The lowest BCUT2D eigenvalue weighted by atomic mass is 9.92. The molecule has 0 saturated carbocycles. The van der Waals surface area contributed by atoms with Crippen molar-refractivity contribution in [2.45, 2.75) is 18.4 Å². The predicted octanol–water partition coefficient (Wildman–Crippen LogP) is 2.45. The average Bonchev–Trinajstić information content (AvgIpc) is 2.77. The lowest BCUT2D eigenvalue weighted by Gasteiger charge is -2.35. The summed E-state index contributed by atoms with van der Waals surface area (Å²) >= 11 is 11.6. The zero-order valence-corrected chi connectivity index (χ0v) is 10.7. The Bertz CT molecular complexity index is 399. The van der Waals surface area contributed by atoms with Crippen LogP contribution in [0.1, 0.15) is 23.4 Å². The van der Waals surface area contributed by atoms with Gasteiger partial charge in [0.2, 0.25) is 0 Å². The second-order valence-electron chi connectivity index (χ2n) is 4.08. The molecule has 2 rings (SSSR count). The second kappa shape index (κ2) is 5.29. The van der Waals surface area contributed by atoms with Crippen LogP contribution in [0, 0.1) is 0 Å². The fourth-order valence-corrected chi connectivity index (χ4v) is 2.27. The summed E-state index contributed by atoms with van der Waals surface area (Å²) in [5, 5.41) is 3.10. The van der Waals surface area contributed by atoms with Crippen LogP contribution in [0.2, 0.25) is 5.22 Å². The minimum atomic E-state index is -0.407. The maximum atomic E-state index is 11.9. The molecule has 0 spiro atoms. The molecule has 0 unspecified atom stereocenters. The maximum Gasteiger partial charge on any atom is 0.287 e. The van der Waals surface area contributed by atoms with Gasteiger partial charge in [0.05, 0.1) is 5.54 Å². The molecule has 0 bridgehead atoms. The van der Waals surface area contributed by atoms with E-state index in [1.807, 2.05) is 0 Å². The van der Waals surface area contributed by atoms with Gasteiger partial charge in [-0.05, 0) is 36.6 Å². The SMILES string of the molecule is O=C(NC1(CCl)CCOCC1)c1ccc(Cl)o1. The summed E-state index contributed by atoms with van der Waals surface area (Å²) < 4.78 is 10.3. The molecule has 0 aliphatic carbocycles. The molecule has 1 fully saturated rings. The number of carbonyl (C=O) groups is 1. The Hall–Kier alpha value is -0.710. The van der Waals surface area contributed by atoms with Crippen LogP contribution in [-0.2, 0) is 4.74 Å². The summed E-state index contributed by atoms with van der Waals surface area (Å²) in [6, 6.07) is 3.08. The Morgan fingerprint density at radius 3 is 2.65 bits per heavy atom. The van der Waals surface area contributed by atoms with Crippen molar-refractivity contribution in [1.29, 1.82) is 0 Å². The highest BCUT2D eigenvalue weighted by Crippen LogP contribution is 2.23. The van der Waals surface area contributed by atoms with E-state index in [0.717, 1.165) is 0 Å². The molecular weight excluding hydrogens is 265 g/mol. The number of alkyl halides is 1. The van der Waals surface area contributed by atoms with Crippen molar-refractivity contribution in [3.63, 3.8) is 0 Å². The minimum absolute atomic E-state index is 0.196. The Morgan fingerprint density at radius 1 is 1.41 bits per heavy atom. The van der Waals surface area contributed by atoms with Gasteiger partial charge in [-0.3, -0.25) is 4.79 Å². The molecule has 1 aromatic heterocycles. The van der Waals surface area contributed by atoms with Gasteiger partial charge in [0, 0.05) is 19.1 Å². The molecule has 2 heterocycles.